The second-order valence-corrected chi connectivity index (χ2v) is 7.51. The number of rotatable bonds is 3. The number of aromatic nitrogens is 2. The molecular weight excluding hydrogens is 342 g/mol. The van der Waals surface area contributed by atoms with Gasteiger partial charge in [-0.25, -0.2) is 4.98 Å². The maximum atomic E-state index is 12.9. The van der Waals surface area contributed by atoms with Crippen LogP contribution in [0, 0.1) is 18.8 Å². The van der Waals surface area contributed by atoms with Crippen LogP contribution in [-0.2, 0) is 20.9 Å². The first kappa shape index (κ1) is 18.0. The summed E-state index contributed by atoms with van der Waals surface area (Å²) in [6, 6.07) is 0. The lowest BCUT2D eigenvalue weighted by Crippen LogP contribution is -2.48. The van der Waals surface area contributed by atoms with Crippen molar-refractivity contribution >= 4 is 23.6 Å². The third kappa shape index (κ3) is 3.73. The fourth-order valence-corrected chi connectivity index (χ4v) is 4.38. The first-order chi connectivity index (χ1) is 12.0. The van der Waals surface area contributed by atoms with Gasteiger partial charge in [0.2, 0.25) is 5.91 Å². The Bertz CT molecular complexity index is 733. The molecule has 2 aliphatic rings. The van der Waals surface area contributed by atoms with Crippen molar-refractivity contribution in [3.05, 3.63) is 22.1 Å². The van der Waals surface area contributed by atoms with Gasteiger partial charge in [0.25, 0.3) is 5.56 Å². The minimum absolute atomic E-state index is 0.0144. The Labute approximate surface area is 150 Å². The summed E-state index contributed by atoms with van der Waals surface area (Å²) < 4.78 is 6.69. The molecule has 2 atom stereocenters. The lowest BCUT2D eigenvalue weighted by atomic mass is 9.96. The highest BCUT2D eigenvalue weighted by atomic mass is 32.2. The molecule has 0 aromatic carbocycles. The van der Waals surface area contributed by atoms with Crippen LogP contribution < -0.4 is 5.56 Å². The standard InChI is InChI=1S/C17H23N3O4S/c1-3-24-16(23)12-5-4-6-19(8-12)15(22)13-9-20-14(21)11(2)7-18-17(20)25-10-13/h7,12-13H,3-6,8-10H2,1-2H3/t12-,13+/m1/s1. The Morgan fingerprint density at radius 2 is 2.16 bits per heavy atom. The Hall–Kier alpha value is -1.83. The molecule has 3 heterocycles. The summed E-state index contributed by atoms with van der Waals surface area (Å²) in [4.78, 5) is 43.2. The molecule has 0 bridgehead atoms. The van der Waals surface area contributed by atoms with Gasteiger partial charge in [0.1, 0.15) is 0 Å². The SMILES string of the molecule is CCOC(=O)[C@@H]1CCCN(C(=O)[C@@H]2CSc3ncc(C)c(=O)n3C2)C1. The number of esters is 1. The van der Waals surface area contributed by atoms with E-state index in [-0.39, 0.29) is 29.3 Å². The predicted molar refractivity (Wildman–Crippen MR) is 93.4 cm³/mol. The number of carbonyl (C=O) groups is 2. The van der Waals surface area contributed by atoms with Crippen LogP contribution in [0.5, 0.6) is 0 Å². The number of likely N-dealkylation sites (tertiary alicyclic amines) is 1. The Morgan fingerprint density at radius 1 is 1.36 bits per heavy atom. The van der Waals surface area contributed by atoms with Crippen LogP contribution in [0.4, 0.5) is 0 Å². The zero-order valence-corrected chi connectivity index (χ0v) is 15.4. The second-order valence-electron chi connectivity index (χ2n) is 6.52. The zero-order chi connectivity index (χ0) is 18.0. The van der Waals surface area contributed by atoms with Crippen LogP contribution in [-0.4, -0.2) is 51.8 Å². The molecule has 0 saturated carbocycles. The van der Waals surface area contributed by atoms with Gasteiger partial charge < -0.3 is 9.64 Å². The first-order valence-electron chi connectivity index (χ1n) is 8.66. The van der Waals surface area contributed by atoms with Crippen molar-refractivity contribution in [3.63, 3.8) is 0 Å². The summed E-state index contributed by atoms with van der Waals surface area (Å²) in [6.07, 6.45) is 3.14. The van der Waals surface area contributed by atoms with E-state index in [9.17, 15) is 14.4 Å². The van der Waals surface area contributed by atoms with E-state index in [0.717, 1.165) is 12.8 Å². The minimum atomic E-state index is -0.264. The molecule has 1 fully saturated rings. The normalized spacial score (nSPS) is 23.0. The molecule has 8 heteroatoms. The molecule has 1 aromatic heterocycles. The van der Waals surface area contributed by atoms with Crippen molar-refractivity contribution in [2.45, 2.75) is 38.4 Å². The fourth-order valence-electron chi connectivity index (χ4n) is 3.34. The predicted octanol–water partition coefficient (Wildman–Crippen LogP) is 1.08. The number of piperidine rings is 1. The number of fused-ring (bicyclic) bond motifs is 1. The third-order valence-corrected chi connectivity index (χ3v) is 5.85. The summed E-state index contributed by atoms with van der Waals surface area (Å²) >= 11 is 1.44. The number of carbonyl (C=O) groups excluding carboxylic acids is 2. The quantitative estimate of drug-likeness (QED) is 0.589. The maximum absolute atomic E-state index is 12.9. The molecule has 136 valence electrons. The van der Waals surface area contributed by atoms with Crippen molar-refractivity contribution < 1.29 is 14.3 Å². The van der Waals surface area contributed by atoms with E-state index in [2.05, 4.69) is 4.98 Å². The summed E-state index contributed by atoms with van der Waals surface area (Å²) in [6.45, 7) is 5.29. The Kier molecular flexibility index (Phi) is 5.46. The van der Waals surface area contributed by atoms with Gasteiger partial charge in [-0.05, 0) is 26.7 Å². The van der Waals surface area contributed by atoms with E-state index >= 15 is 0 Å². The van der Waals surface area contributed by atoms with E-state index in [1.165, 1.54) is 11.8 Å². The molecule has 25 heavy (non-hydrogen) atoms. The second kappa shape index (κ2) is 7.59. The van der Waals surface area contributed by atoms with Gasteiger partial charge in [0.05, 0.1) is 18.4 Å². The molecule has 1 saturated heterocycles. The number of aryl methyl sites for hydroxylation is 1. The van der Waals surface area contributed by atoms with E-state index < -0.39 is 0 Å². The van der Waals surface area contributed by atoms with Crippen LogP contribution in [0.25, 0.3) is 0 Å². The largest absolute Gasteiger partial charge is 0.466 e. The summed E-state index contributed by atoms with van der Waals surface area (Å²) in [5.74, 6) is -0.109. The molecule has 7 nitrogen and oxygen atoms in total. The van der Waals surface area contributed by atoms with Crippen LogP contribution in [0.3, 0.4) is 0 Å². The van der Waals surface area contributed by atoms with Crippen LogP contribution >= 0.6 is 11.8 Å². The van der Waals surface area contributed by atoms with E-state index in [4.69, 9.17) is 4.74 Å². The lowest BCUT2D eigenvalue weighted by molar-refractivity contribution is -0.151. The monoisotopic (exact) mass is 365 g/mol. The number of thioether (sulfide) groups is 1. The number of hydrogen-bond acceptors (Lipinski definition) is 6. The van der Waals surface area contributed by atoms with Crippen molar-refractivity contribution in [2.24, 2.45) is 11.8 Å². The van der Waals surface area contributed by atoms with Crippen LogP contribution in [0.1, 0.15) is 25.3 Å². The first-order valence-corrected chi connectivity index (χ1v) is 9.64. The smallest absolute Gasteiger partial charge is 0.310 e. The van der Waals surface area contributed by atoms with Crippen molar-refractivity contribution in [2.75, 3.05) is 25.4 Å². The number of amides is 1. The topological polar surface area (TPSA) is 81.5 Å². The fraction of sp³-hybridized carbons (Fsp3) is 0.647. The molecule has 0 N–H and O–H groups in total. The molecule has 3 rings (SSSR count). The van der Waals surface area contributed by atoms with E-state index in [0.29, 0.717) is 42.7 Å². The third-order valence-electron chi connectivity index (χ3n) is 4.70. The van der Waals surface area contributed by atoms with Gasteiger partial charge >= 0.3 is 5.97 Å². The molecule has 0 unspecified atom stereocenters. The van der Waals surface area contributed by atoms with Gasteiger partial charge in [0, 0.05) is 37.1 Å². The highest BCUT2D eigenvalue weighted by Crippen LogP contribution is 2.28. The van der Waals surface area contributed by atoms with Crippen molar-refractivity contribution in [3.8, 4) is 0 Å². The maximum Gasteiger partial charge on any atom is 0.310 e. The minimum Gasteiger partial charge on any atom is -0.466 e. The van der Waals surface area contributed by atoms with Crippen LogP contribution in [0.15, 0.2) is 16.1 Å². The van der Waals surface area contributed by atoms with Crippen LogP contribution in [0.2, 0.25) is 0 Å². The van der Waals surface area contributed by atoms with Gasteiger partial charge in [-0.1, -0.05) is 11.8 Å². The Morgan fingerprint density at radius 3 is 2.92 bits per heavy atom. The zero-order valence-electron chi connectivity index (χ0n) is 14.6. The van der Waals surface area contributed by atoms with Gasteiger partial charge in [-0.15, -0.1) is 0 Å². The van der Waals surface area contributed by atoms with Gasteiger partial charge in [-0.3, -0.25) is 19.0 Å². The van der Waals surface area contributed by atoms with Gasteiger partial charge in [0.15, 0.2) is 5.16 Å². The Balaban J connectivity index is 1.70. The summed E-state index contributed by atoms with van der Waals surface area (Å²) in [5.41, 5.74) is 0.496. The molecule has 1 aromatic rings. The van der Waals surface area contributed by atoms with Gasteiger partial charge in [-0.2, -0.15) is 0 Å². The average Bonchev–Trinajstić information content (AvgIpc) is 2.64. The molecular formula is C17H23N3O4S. The highest BCUT2D eigenvalue weighted by molar-refractivity contribution is 7.99. The van der Waals surface area contributed by atoms with Crippen molar-refractivity contribution in [1.29, 1.82) is 0 Å². The molecule has 0 radical (unpaired) electrons. The molecule has 2 aliphatic heterocycles. The molecule has 0 spiro atoms. The van der Waals surface area contributed by atoms with Crippen molar-refractivity contribution in [1.82, 2.24) is 14.5 Å². The number of ether oxygens (including phenoxy) is 1. The molecule has 1 amide bonds. The van der Waals surface area contributed by atoms with E-state index in [1.807, 2.05) is 0 Å². The lowest BCUT2D eigenvalue weighted by Gasteiger charge is -2.35. The van der Waals surface area contributed by atoms with E-state index in [1.54, 1.807) is 29.5 Å². The average molecular weight is 365 g/mol. The summed E-state index contributed by atoms with van der Waals surface area (Å²) in [5, 5.41) is 0.669. The highest BCUT2D eigenvalue weighted by Gasteiger charge is 2.34. The summed E-state index contributed by atoms with van der Waals surface area (Å²) in [7, 11) is 0. The molecule has 0 aliphatic carbocycles. The number of hydrogen-bond donors (Lipinski definition) is 0. The number of nitrogens with zero attached hydrogens (tertiary/aromatic N) is 3.